The predicted octanol–water partition coefficient (Wildman–Crippen LogP) is 1.50. The quantitative estimate of drug-likeness (QED) is 0.493. The fraction of sp³-hybridized carbons (Fsp3) is 1.00. The Kier molecular flexibility index (Phi) is 5.84. The number of aliphatic hydroxyl groups is 1. The number of halogens is 2. The molecule has 0 bridgehead atoms. The first-order valence-corrected chi connectivity index (χ1v) is 6.45. The van der Waals surface area contributed by atoms with Gasteiger partial charge < -0.3 is 14.9 Å². The van der Waals surface area contributed by atoms with E-state index < -0.39 is 12.9 Å². The van der Waals surface area contributed by atoms with Crippen molar-refractivity contribution in [3.8, 4) is 0 Å². The van der Waals surface area contributed by atoms with Gasteiger partial charge in [0.1, 0.15) is 0 Å². The number of alkyl halides is 2. The van der Waals surface area contributed by atoms with Gasteiger partial charge in [0, 0.05) is 18.2 Å². The van der Waals surface area contributed by atoms with E-state index in [2.05, 4.69) is 0 Å². The van der Waals surface area contributed by atoms with Gasteiger partial charge in [0.2, 0.25) is 0 Å². The van der Waals surface area contributed by atoms with Crippen molar-refractivity contribution >= 4 is 30.8 Å². The number of hydrogen-bond donors (Lipinski definition) is 3. The van der Waals surface area contributed by atoms with Crippen molar-refractivity contribution in [3.63, 3.8) is 0 Å². The summed E-state index contributed by atoms with van der Waals surface area (Å²) >= 11 is 10.7. The van der Waals surface area contributed by atoms with Crippen molar-refractivity contribution in [2.45, 2.75) is 24.6 Å². The lowest BCUT2D eigenvalue weighted by Gasteiger charge is -2.27. The van der Waals surface area contributed by atoms with Gasteiger partial charge in [0.15, 0.2) is 5.34 Å². The predicted molar refractivity (Wildman–Crippen MR) is 52.3 cm³/mol. The second-order valence-electron chi connectivity index (χ2n) is 2.76. The van der Waals surface area contributed by atoms with Crippen LogP contribution in [0.3, 0.4) is 0 Å². The second-order valence-corrected chi connectivity index (χ2v) is 5.43. The Bertz CT molecular complexity index is 195. The molecule has 0 aliphatic heterocycles. The first kappa shape index (κ1) is 13.7. The molecule has 0 saturated carbocycles. The third-order valence-electron chi connectivity index (χ3n) is 1.75. The standard InChI is InChI=1S/C6H13Cl2O4P/c7-4-1-2-6(9,3-5-8)13(10,11)12/h9H,1-5H2,(H2,10,11,12). The van der Waals surface area contributed by atoms with E-state index in [1.165, 1.54) is 0 Å². The zero-order valence-electron chi connectivity index (χ0n) is 6.99. The average Bonchev–Trinajstić information content (AvgIpc) is 1.99. The Morgan fingerprint density at radius 3 is 2.00 bits per heavy atom. The van der Waals surface area contributed by atoms with Crippen LogP contribution < -0.4 is 0 Å². The van der Waals surface area contributed by atoms with Crippen LogP contribution in [0.4, 0.5) is 0 Å². The third-order valence-corrected chi connectivity index (χ3v) is 3.74. The molecule has 0 spiro atoms. The van der Waals surface area contributed by atoms with E-state index >= 15 is 0 Å². The van der Waals surface area contributed by atoms with E-state index in [4.69, 9.17) is 33.0 Å². The molecule has 0 aromatic rings. The molecule has 0 radical (unpaired) electrons. The molecule has 1 atom stereocenters. The summed E-state index contributed by atoms with van der Waals surface area (Å²) in [6.07, 6.45) is 0.184. The number of hydrogen-bond acceptors (Lipinski definition) is 2. The zero-order valence-corrected chi connectivity index (χ0v) is 9.39. The van der Waals surface area contributed by atoms with Crippen molar-refractivity contribution in [2.24, 2.45) is 0 Å². The van der Waals surface area contributed by atoms with Crippen LogP contribution in [0.1, 0.15) is 19.3 Å². The Hall–Kier alpha value is 0.690. The molecule has 0 heterocycles. The molecule has 0 aliphatic carbocycles. The van der Waals surface area contributed by atoms with Gasteiger partial charge >= 0.3 is 7.60 Å². The molecule has 7 heteroatoms. The van der Waals surface area contributed by atoms with Crippen molar-refractivity contribution in [3.05, 3.63) is 0 Å². The Morgan fingerprint density at radius 1 is 1.15 bits per heavy atom. The van der Waals surface area contributed by atoms with E-state index in [-0.39, 0.29) is 24.6 Å². The summed E-state index contributed by atoms with van der Waals surface area (Å²) in [6, 6.07) is 0. The molecular formula is C6H13Cl2O4P. The van der Waals surface area contributed by atoms with Crippen LogP contribution in [-0.2, 0) is 4.57 Å². The van der Waals surface area contributed by atoms with Crippen molar-refractivity contribution in [1.82, 2.24) is 0 Å². The summed E-state index contributed by atoms with van der Waals surface area (Å²) in [6.45, 7) is 0. The van der Waals surface area contributed by atoms with Crippen LogP contribution in [-0.4, -0.2) is 32.0 Å². The monoisotopic (exact) mass is 250 g/mol. The fourth-order valence-electron chi connectivity index (χ4n) is 0.918. The van der Waals surface area contributed by atoms with Crippen LogP contribution in [0, 0.1) is 0 Å². The normalized spacial score (nSPS) is 17.0. The second kappa shape index (κ2) is 5.54. The minimum atomic E-state index is -4.52. The Labute approximate surface area is 87.0 Å². The van der Waals surface area contributed by atoms with Gasteiger partial charge in [-0.25, -0.2) is 0 Å². The summed E-state index contributed by atoms with van der Waals surface area (Å²) in [5, 5.41) is 7.56. The first-order chi connectivity index (χ1) is 5.87. The molecule has 4 nitrogen and oxygen atoms in total. The molecule has 0 saturated heterocycles. The maximum atomic E-state index is 10.9. The fourth-order valence-corrected chi connectivity index (χ4v) is 2.35. The van der Waals surface area contributed by atoms with Crippen molar-refractivity contribution < 1.29 is 19.5 Å². The Balaban J connectivity index is 4.43. The molecule has 0 aromatic carbocycles. The maximum absolute atomic E-state index is 10.9. The summed E-state index contributed by atoms with van der Waals surface area (Å²) in [5.74, 6) is 0.258. The lowest BCUT2D eigenvalue weighted by molar-refractivity contribution is 0.0789. The summed E-state index contributed by atoms with van der Waals surface area (Å²) < 4.78 is 10.9. The van der Waals surface area contributed by atoms with Crippen LogP contribution >= 0.6 is 30.8 Å². The van der Waals surface area contributed by atoms with Gasteiger partial charge in [0.05, 0.1) is 0 Å². The summed E-state index contributed by atoms with van der Waals surface area (Å²) in [7, 11) is -4.52. The highest BCUT2D eigenvalue weighted by molar-refractivity contribution is 7.53. The summed E-state index contributed by atoms with van der Waals surface area (Å²) in [5.41, 5.74) is 0. The molecule has 3 N–H and O–H groups in total. The van der Waals surface area contributed by atoms with E-state index in [0.29, 0.717) is 6.42 Å². The lowest BCUT2D eigenvalue weighted by Crippen LogP contribution is -2.29. The van der Waals surface area contributed by atoms with Gasteiger partial charge in [0.25, 0.3) is 0 Å². The average molecular weight is 251 g/mol. The molecule has 80 valence electrons. The summed E-state index contributed by atoms with van der Waals surface area (Å²) in [4.78, 5) is 17.7. The molecule has 0 fully saturated rings. The minimum absolute atomic E-state index is 0.00386. The molecule has 1 unspecified atom stereocenters. The molecule has 0 aromatic heterocycles. The Morgan fingerprint density at radius 2 is 1.69 bits per heavy atom. The minimum Gasteiger partial charge on any atom is -0.377 e. The smallest absolute Gasteiger partial charge is 0.356 e. The van der Waals surface area contributed by atoms with E-state index in [0.717, 1.165) is 0 Å². The third kappa shape index (κ3) is 4.15. The van der Waals surface area contributed by atoms with Crippen LogP contribution in [0.2, 0.25) is 0 Å². The topological polar surface area (TPSA) is 77.8 Å². The number of rotatable bonds is 6. The van der Waals surface area contributed by atoms with E-state index in [1.807, 2.05) is 0 Å². The van der Waals surface area contributed by atoms with Crippen LogP contribution in [0.25, 0.3) is 0 Å². The van der Waals surface area contributed by atoms with Gasteiger partial charge in [-0.15, -0.1) is 23.2 Å². The molecule has 0 rings (SSSR count). The van der Waals surface area contributed by atoms with Crippen molar-refractivity contribution in [1.29, 1.82) is 0 Å². The van der Waals surface area contributed by atoms with Crippen LogP contribution in [0.15, 0.2) is 0 Å². The van der Waals surface area contributed by atoms with Crippen molar-refractivity contribution in [2.75, 3.05) is 11.8 Å². The highest BCUT2D eigenvalue weighted by Crippen LogP contribution is 2.53. The molecule has 0 aliphatic rings. The SMILES string of the molecule is O=P(O)(O)C(O)(CCCl)CCCCl. The van der Waals surface area contributed by atoms with E-state index in [1.54, 1.807) is 0 Å². The van der Waals surface area contributed by atoms with E-state index in [9.17, 15) is 9.67 Å². The first-order valence-electron chi connectivity index (χ1n) is 3.77. The molecule has 0 amide bonds. The van der Waals surface area contributed by atoms with Gasteiger partial charge in [-0.05, 0) is 12.8 Å². The lowest BCUT2D eigenvalue weighted by atomic mass is 10.1. The maximum Gasteiger partial charge on any atom is 0.356 e. The van der Waals surface area contributed by atoms with Gasteiger partial charge in [-0.2, -0.15) is 0 Å². The highest BCUT2D eigenvalue weighted by Gasteiger charge is 2.43. The largest absolute Gasteiger partial charge is 0.377 e. The molecule has 13 heavy (non-hydrogen) atoms. The zero-order chi connectivity index (χ0) is 10.5. The van der Waals surface area contributed by atoms with Gasteiger partial charge in [-0.1, -0.05) is 0 Å². The molecular weight excluding hydrogens is 238 g/mol. The highest BCUT2D eigenvalue weighted by atomic mass is 35.5. The van der Waals surface area contributed by atoms with Gasteiger partial charge in [-0.3, -0.25) is 4.57 Å². The van der Waals surface area contributed by atoms with Crippen LogP contribution in [0.5, 0.6) is 0 Å².